The second-order valence-corrected chi connectivity index (χ2v) is 8.99. The van der Waals surface area contributed by atoms with Gasteiger partial charge in [-0.25, -0.2) is 13.1 Å². The Hall–Kier alpha value is -1.64. The van der Waals surface area contributed by atoms with Gasteiger partial charge in [0, 0.05) is 26.2 Å². The van der Waals surface area contributed by atoms with Gasteiger partial charge in [-0.3, -0.25) is 4.99 Å². The van der Waals surface area contributed by atoms with Crippen molar-refractivity contribution in [3.05, 3.63) is 29.3 Å². The van der Waals surface area contributed by atoms with Crippen LogP contribution in [0.15, 0.2) is 28.1 Å². The Bertz CT molecular complexity index is 743. The Kier molecular flexibility index (Phi) is 9.21. The summed E-state index contributed by atoms with van der Waals surface area (Å²) in [7, 11) is -3.52. The first-order valence-corrected chi connectivity index (χ1v) is 11.7. The Morgan fingerprint density at radius 1 is 1.11 bits per heavy atom. The number of benzene rings is 1. The zero-order valence-corrected chi connectivity index (χ0v) is 18.2. The number of hydrogen-bond acceptors (Lipinski definition) is 4. The normalized spacial score (nSPS) is 16.2. The molecule has 1 heterocycles. The van der Waals surface area contributed by atoms with Crippen LogP contribution in [-0.2, 0) is 10.0 Å². The minimum atomic E-state index is -3.52. The molecule has 0 spiro atoms. The lowest BCUT2D eigenvalue weighted by Gasteiger charge is -2.26. The summed E-state index contributed by atoms with van der Waals surface area (Å²) in [6, 6.07) is 5.45. The zero-order chi connectivity index (χ0) is 20.4. The molecule has 1 aromatic rings. The molecule has 1 aliphatic rings. The molecular formula is C20H35N5O2S. The largest absolute Gasteiger partial charge is 0.357 e. The number of guanidine groups is 1. The van der Waals surface area contributed by atoms with Crippen LogP contribution in [0.5, 0.6) is 0 Å². The molecule has 28 heavy (non-hydrogen) atoms. The van der Waals surface area contributed by atoms with E-state index < -0.39 is 10.0 Å². The van der Waals surface area contributed by atoms with Gasteiger partial charge in [-0.15, -0.1) is 0 Å². The van der Waals surface area contributed by atoms with Crippen molar-refractivity contribution in [2.24, 2.45) is 4.99 Å². The average Bonchev–Trinajstić information content (AvgIpc) is 2.68. The van der Waals surface area contributed by atoms with Crippen molar-refractivity contribution in [3.8, 4) is 0 Å². The van der Waals surface area contributed by atoms with Gasteiger partial charge in [0.2, 0.25) is 10.0 Å². The van der Waals surface area contributed by atoms with Gasteiger partial charge in [-0.1, -0.05) is 18.6 Å². The van der Waals surface area contributed by atoms with Crippen molar-refractivity contribution < 1.29 is 8.42 Å². The predicted octanol–water partition coefficient (Wildman–Crippen LogP) is 1.62. The highest BCUT2D eigenvalue weighted by Crippen LogP contribution is 2.16. The molecule has 7 nitrogen and oxygen atoms in total. The Morgan fingerprint density at radius 2 is 1.86 bits per heavy atom. The fraction of sp³-hybridized carbons (Fsp3) is 0.650. The number of sulfonamides is 1. The molecule has 158 valence electrons. The summed E-state index contributed by atoms with van der Waals surface area (Å²) in [5.74, 6) is 0.727. The molecule has 3 N–H and O–H groups in total. The number of piperidine rings is 1. The topological polar surface area (TPSA) is 85.8 Å². The third-order valence-electron chi connectivity index (χ3n) is 4.82. The van der Waals surface area contributed by atoms with Gasteiger partial charge in [0.15, 0.2) is 5.96 Å². The van der Waals surface area contributed by atoms with Crippen LogP contribution in [0.1, 0.15) is 37.3 Å². The first-order chi connectivity index (χ1) is 13.4. The predicted molar refractivity (Wildman–Crippen MR) is 115 cm³/mol. The molecule has 1 aliphatic heterocycles. The Morgan fingerprint density at radius 3 is 2.57 bits per heavy atom. The maximum atomic E-state index is 12.5. The van der Waals surface area contributed by atoms with Crippen LogP contribution in [-0.4, -0.2) is 65.1 Å². The van der Waals surface area contributed by atoms with E-state index >= 15 is 0 Å². The van der Waals surface area contributed by atoms with E-state index in [1.165, 1.54) is 32.4 Å². The van der Waals surface area contributed by atoms with Crippen molar-refractivity contribution in [1.82, 2.24) is 20.3 Å². The van der Waals surface area contributed by atoms with E-state index in [0.29, 0.717) is 11.4 Å². The van der Waals surface area contributed by atoms with Gasteiger partial charge >= 0.3 is 0 Å². The fourth-order valence-electron chi connectivity index (χ4n) is 3.28. The van der Waals surface area contributed by atoms with Gasteiger partial charge < -0.3 is 15.5 Å². The van der Waals surface area contributed by atoms with Crippen molar-refractivity contribution >= 4 is 16.0 Å². The van der Waals surface area contributed by atoms with E-state index in [0.717, 1.165) is 36.7 Å². The van der Waals surface area contributed by atoms with Crippen LogP contribution in [0.2, 0.25) is 0 Å². The molecule has 0 amide bonds. The van der Waals surface area contributed by atoms with Crippen molar-refractivity contribution in [1.29, 1.82) is 0 Å². The van der Waals surface area contributed by atoms with Crippen LogP contribution in [0.4, 0.5) is 0 Å². The lowest BCUT2D eigenvalue weighted by molar-refractivity contribution is 0.232. The summed E-state index contributed by atoms with van der Waals surface area (Å²) in [6.07, 6.45) is 3.91. The van der Waals surface area contributed by atoms with Gasteiger partial charge in [0.1, 0.15) is 0 Å². The van der Waals surface area contributed by atoms with Crippen molar-refractivity contribution in [3.63, 3.8) is 0 Å². The molecular weight excluding hydrogens is 374 g/mol. The number of aryl methyl sites for hydroxylation is 2. The molecule has 2 rings (SSSR count). The lowest BCUT2D eigenvalue weighted by Crippen LogP contribution is -2.43. The van der Waals surface area contributed by atoms with E-state index in [1.54, 1.807) is 6.07 Å². The Balaban J connectivity index is 1.81. The highest BCUT2D eigenvalue weighted by Gasteiger charge is 2.16. The molecule has 0 saturated carbocycles. The van der Waals surface area contributed by atoms with E-state index in [4.69, 9.17) is 0 Å². The summed E-state index contributed by atoms with van der Waals surface area (Å²) in [5, 5.41) is 6.54. The minimum Gasteiger partial charge on any atom is -0.357 e. The number of likely N-dealkylation sites (tertiary alicyclic amines) is 1. The number of nitrogens with one attached hydrogen (secondary N) is 3. The van der Waals surface area contributed by atoms with Crippen LogP contribution in [0, 0.1) is 13.8 Å². The van der Waals surface area contributed by atoms with Crippen molar-refractivity contribution in [2.75, 3.05) is 45.8 Å². The summed E-state index contributed by atoms with van der Waals surface area (Å²) in [6.45, 7) is 11.3. The summed E-state index contributed by atoms with van der Waals surface area (Å²) >= 11 is 0. The molecule has 1 aromatic carbocycles. The molecule has 0 radical (unpaired) electrons. The van der Waals surface area contributed by atoms with Crippen LogP contribution in [0.25, 0.3) is 0 Å². The van der Waals surface area contributed by atoms with E-state index in [2.05, 4.69) is 25.2 Å². The summed E-state index contributed by atoms with van der Waals surface area (Å²) in [4.78, 5) is 7.29. The number of rotatable bonds is 9. The van der Waals surface area contributed by atoms with Crippen molar-refractivity contribution in [2.45, 2.75) is 44.9 Å². The molecule has 0 bridgehead atoms. The molecule has 0 aliphatic carbocycles. The first-order valence-electron chi connectivity index (χ1n) is 10.2. The summed E-state index contributed by atoms with van der Waals surface area (Å²) < 4.78 is 27.7. The van der Waals surface area contributed by atoms with Crippen LogP contribution >= 0.6 is 0 Å². The molecule has 1 fully saturated rings. The fourth-order valence-corrected chi connectivity index (χ4v) is 4.63. The number of aliphatic imine (C=N–C) groups is 1. The highest BCUT2D eigenvalue weighted by atomic mass is 32.2. The van der Waals surface area contributed by atoms with E-state index in [1.807, 2.05) is 32.9 Å². The van der Waals surface area contributed by atoms with Gasteiger partial charge in [-0.2, -0.15) is 0 Å². The smallest absolute Gasteiger partial charge is 0.240 e. The molecule has 8 heteroatoms. The van der Waals surface area contributed by atoms with Crippen LogP contribution < -0.4 is 15.4 Å². The third kappa shape index (κ3) is 7.41. The van der Waals surface area contributed by atoms with Gasteiger partial charge in [-0.05, 0) is 63.9 Å². The molecule has 0 atom stereocenters. The monoisotopic (exact) mass is 409 g/mol. The second kappa shape index (κ2) is 11.4. The van der Waals surface area contributed by atoms with E-state index in [9.17, 15) is 8.42 Å². The minimum absolute atomic E-state index is 0.262. The first kappa shape index (κ1) is 22.6. The average molecular weight is 410 g/mol. The molecule has 1 saturated heterocycles. The second-order valence-electron chi connectivity index (χ2n) is 7.26. The van der Waals surface area contributed by atoms with Gasteiger partial charge in [0.25, 0.3) is 0 Å². The molecule has 0 aromatic heterocycles. The third-order valence-corrected chi connectivity index (χ3v) is 6.42. The van der Waals surface area contributed by atoms with E-state index in [-0.39, 0.29) is 6.54 Å². The summed E-state index contributed by atoms with van der Waals surface area (Å²) in [5.41, 5.74) is 1.67. The highest BCUT2D eigenvalue weighted by molar-refractivity contribution is 7.89. The molecule has 0 unspecified atom stereocenters. The zero-order valence-electron chi connectivity index (χ0n) is 17.4. The SMILES string of the molecule is CCNC(=NCCNS(=O)(=O)c1cc(C)ccc1C)NCCN1CCCCC1. The number of hydrogen-bond donors (Lipinski definition) is 3. The maximum Gasteiger partial charge on any atom is 0.240 e. The van der Waals surface area contributed by atoms with Gasteiger partial charge in [0.05, 0.1) is 11.4 Å². The van der Waals surface area contributed by atoms with Crippen LogP contribution in [0.3, 0.4) is 0 Å². The number of nitrogens with zero attached hydrogens (tertiary/aromatic N) is 2. The maximum absolute atomic E-state index is 12.5. The quantitative estimate of drug-likeness (QED) is 0.328. The Labute approximate surface area is 170 Å². The standard InChI is InChI=1S/C20H35N5O2S/c1-4-21-20(23-12-15-25-13-6-5-7-14-25)22-10-11-24-28(26,27)19-16-17(2)8-9-18(19)3/h8-9,16,24H,4-7,10-15H2,1-3H3,(H2,21,22,23). The lowest BCUT2D eigenvalue weighted by atomic mass is 10.1.